The van der Waals surface area contributed by atoms with Crippen LogP contribution in [0.5, 0.6) is 0 Å². The highest BCUT2D eigenvalue weighted by Crippen LogP contribution is 2.23. The number of thioether (sulfide) groups is 1. The van der Waals surface area contributed by atoms with Gasteiger partial charge in [-0.3, -0.25) is 0 Å². The Morgan fingerprint density at radius 2 is 2.00 bits per heavy atom. The van der Waals surface area contributed by atoms with Gasteiger partial charge in [-0.05, 0) is 42.3 Å². The minimum absolute atomic E-state index is 0.693. The summed E-state index contributed by atoms with van der Waals surface area (Å²) in [5, 5.41) is 9.70. The van der Waals surface area contributed by atoms with Crippen LogP contribution >= 0.6 is 11.8 Å². The van der Waals surface area contributed by atoms with Crippen molar-refractivity contribution in [3.05, 3.63) is 59.2 Å². The smallest absolute Gasteiger partial charge is 0.166 e. The largest absolute Gasteiger partial charge is 0.333 e. The van der Waals surface area contributed by atoms with Crippen LogP contribution < -0.4 is 0 Å². The zero-order valence-corrected chi connectivity index (χ0v) is 11.9. The molecule has 0 fully saturated rings. The first-order chi connectivity index (χ1) is 9.74. The van der Waals surface area contributed by atoms with Gasteiger partial charge in [-0.1, -0.05) is 30.0 Å². The maximum absolute atomic E-state index is 8.77. The van der Waals surface area contributed by atoms with E-state index in [9.17, 15) is 0 Å². The molecule has 1 aromatic heterocycles. The lowest BCUT2D eigenvalue weighted by Gasteiger charge is -1.98. The third kappa shape index (κ3) is 2.68. The van der Waals surface area contributed by atoms with Crippen LogP contribution in [0.15, 0.2) is 47.6 Å². The molecule has 0 aliphatic carbocycles. The molecule has 0 spiro atoms. The summed E-state index contributed by atoms with van der Waals surface area (Å²) in [6.45, 7) is 2.07. The van der Waals surface area contributed by atoms with E-state index < -0.39 is 0 Å². The molecule has 2 aromatic carbocycles. The Hall–Kier alpha value is -2.25. The lowest BCUT2D eigenvalue weighted by Crippen LogP contribution is -1.82. The van der Waals surface area contributed by atoms with Crippen molar-refractivity contribution in [1.82, 2.24) is 9.97 Å². The number of hydrogen-bond donors (Lipinski definition) is 1. The topological polar surface area (TPSA) is 52.5 Å². The first kappa shape index (κ1) is 12.8. The fraction of sp³-hybridized carbons (Fsp3) is 0.125. The van der Waals surface area contributed by atoms with Crippen LogP contribution in [0, 0.1) is 18.3 Å². The molecule has 0 aliphatic rings. The Morgan fingerprint density at radius 3 is 2.75 bits per heavy atom. The second-order valence-corrected chi connectivity index (χ2v) is 5.62. The average molecular weight is 279 g/mol. The highest BCUT2D eigenvalue weighted by atomic mass is 32.2. The molecule has 20 heavy (non-hydrogen) atoms. The number of benzene rings is 2. The van der Waals surface area contributed by atoms with Gasteiger partial charge in [0.25, 0.3) is 0 Å². The van der Waals surface area contributed by atoms with E-state index in [0.717, 1.165) is 21.9 Å². The van der Waals surface area contributed by atoms with Crippen molar-refractivity contribution in [3.8, 4) is 6.07 Å². The molecule has 98 valence electrons. The van der Waals surface area contributed by atoms with Crippen LogP contribution in [-0.2, 0) is 5.75 Å². The van der Waals surface area contributed by atoms with Crippen LogP contribution in [-0.4, -0.2) is 9.97 Å². The van der Waals surface area contributed by atoms with Crippen molar-refractivity contribution in [3.63, 3.8) is 0 Å². The van der Waals surface area contributed by atoms with Gasteiger partial charge in [0.1, 0.15) is 0 Å². The molecule has 1 heterocycles. The van der Waals surface area contributed by atoms with Crippen LogP contribution in [0.3, 0.4) is 0 Å². The van der Waals surface area contributed by atoms with Crippen LogP contribution in [0.4, 0.5) is 0 Å². The predicted molar refractivity (Wildman–Crippen MR) is 81.5 cm³/mol. The van der Waals surface area contributed by atoms with Crippen LogP contribution in [0.25, 0.3) is 11.0 Å². The molecule has 3 rings (SSSR count). The number of aryl methyl sites for hydroxylation is 1. The fourth-order valence-corrected chi connectivity index (χ4v) is 2.84. The lowest BCUT2D eigenvalue weighted by atomic mass is 10.2. The summed E-state index contributed by atoms with van der Waals surface area (Å²) in [4.78, 5) is 7.89. The predicted octanol–water partition coefficient (Wildman–Crippen LogP) is 4.04. The van der Waals surface area contributed by atoms with Gasteiger partial charge in [-0.2, -0.15) is 5.26 Å². The average Bonchev–Trinajstić information content (AvgIpc) is 2.87. The quantitative estimate of drug-likeness (QED) is 0.736. The summed E-state index contributed by atoms with van der Waals surface area (Å²) in [7, 11) is 0. The first-order valence-corrected chi connectivity index (χ1v) is 7.31. The van der Waals surface area contributed by atoms with Crippen LogP contribution in [0.1, 0.15) is 16.7 Å². The number of nitriles is 1. The minimum atomic E-state index is 0.693. The molecular formula is C16H13N3S. The maximum atomic E-state index is 8.77. The zero-order chi connectivity index (χ0) is 13.9. The summed E-state index contributed by atoms with van der Waals surface area (Å²) >= 11 is 1.67. The normalized spacial score (nSPS) is 10.6. The third-order valence-corrected chi connectivity index (χ3v) is 4.02. The molecule has 0 atom stereocenters. The Balaban J connectivity index is 1.74. The number of H-pyrrole nitrogens is 1. The Bertz CT molecular complexity index is 782. The van der Waals surface area contributed by atoms with Gasteiger partial charge >= 0.3 is 0 Å². The van der Waals surface area contributed by atoms with E-state index in [1.165, 1.54) is 11.1 Å². The molecule has 0 radical (unpaired) electrons. The number of rotatable bonds is 3. The number of fused-ring (bicyclic) bond motifs is 1. The molecule has 3 aromatic rings. The van der Waals surface area contributed by atoms with Gasteiger partial charge in [-0.25, -0.2) is 4.98 Å². The van der Waals surface area contributed by atoms with Crippen molar-refractivity contribution >= 4 is 22.8 Å². The van der Waals surface area contributed by atoms with E-state index in [-0.39, 0.29) is 0 Å². The Kier molecular flexibility index (Phi) is 3.44. The van der Waals surface area contributed by atoms with E-state index in [1.54, 1.807) is 11.8 Å². The lowest BCUT2D eigenvalue weighted by molar-refractivity contribution is 1.08. The summed E-state index contributed by atoms with van der Waals surface area (Å²) in [6.07, 6.45) is 0. The monoisotopic (exact) mass is 279 g/mol. The second kappa shape index (κ2) is 5.40. The number of imidazole rings is 1. The highest BCUT2D eigenvalue weighted by molar-refractivity contribution is 7.98. The van der Waals surface area contributed by atoms with Crippen molar-refractivity contribution in [2.75, 3.05) is 0 Å². The number of aromatic amines is 1. The van der Waals surface area contributed by atoms with Crippen molar-refractivity contribution in [1.29, 1.82) is 5.26 Å². The second-order valence-electron chi connectivity index (χ2n) is 4.66. The van der Waals surface area contributed by atoms with E-state index in [1.807, 2.05) is 30.3 Å². The summed E-state index contributed by atoms with van der Waals surface area (Å²) < 4.78 is 0. The summed E-state index contributed by atoms with van der Waals surface area (Å²) in [5.41, 5.74) is 5.18. The van der Waals surface area contributed by atoms with Crippen molar-refractivity contribution in [2.45, 2.75) is 17.8 Å². The van der Waals surface area contributed by atoms with E-state index >= 15 is 0 Å². The molecule has 3 nitrogen and oxygen atoms in total. The van der Waals surface area contributed by atoms with E-state index in [4.69, 9.17) is 5.26 Å². The van der Waals surface area contributed by atoms with Gasteiger partial charge in [0.15, 0.2) is 5.16 Å². The molecule has 1 N–H and O–H groups in total. The number of nitrogens with zero attached hydrogens (tertiary/aromatic N) is 2. The molecule has 0 aliphatic heterocycles. The van der Waals surface area contributed by atoms with Gasteiger partial charge in [0, 0.05) is 5.75 Å². The first-order valence-electron chi connectivity index (χ1n) is 6.33. The van der Waals surface area contributed by atoms with Crippen LogP contribution in [0.2, 0.25) is 0 Å². The van der Waals surface area contributed by atoms with E-state index in [0.29, 0.717) is 5.56 Å². The van der Waals surface area contributed by atoms with Gasteiger partial charge < -0.3 is 4.98 Å². The number of hydrogen-bond acceptors (Lipinski definition) is 3. The molecule has 0 unspecified atom stereocenters. The van der Waals surface area contributed by atoms with Crippen molar-refractivity contribution in [2.24, 2.45) is 0 Å². The molecule has 0 saturated heterocycles. The maximum Gasteiger partial charge on any atom is 0.166 e. The number of aromatic nitrogens is 2. The Morgan fingerprint density at radius 1 is 1.20 bits per heavy atom. The fourth-order valence-electron chi connectivity index (χ4n) is 2.00. The minimum Gasteiger partial charge on any atom is -0.333 e. The molecule has 0 amide bonds. The summed E-state index contributed by atoms with van der Waals surface area (Å²) in [6, 6.07) is 16.0. The molecular weight excluding hydrogens is 266 g/mol. The highest BCUT2D eigenvalue weighted by Gasteiger charge is 2.04. The van der Waals surface area contributed by atoms with Gasteiger partial charge in [-0.15, -0.1) is 0 Å². The summed E-state index contributed by atoms with van der Waals surface area (Å²) in [5.74, 6) is 0.838. The molecule has 4 heteroatoms. The van der Waals surface area contributed by atoms with Crippen molar-refractivity contribution < 1.29 is 0 Å². The third-order valence-electron chi connectivity index (χ3n) is 3.07. The van der Waals surface area contributed by atoms with E-state index in [2.05, 4.69) is 35.1 Å². The molecule has 0 bridgehead atoms. The van der Waals surface area contributed by atoms with Gasteiger partial charge in [0.2, 0.25) is 0 Å². The SMILES string of the molecule is Cc1ccc2nc(SCc3ccc(C#N)cc3)[nH]c2c1. The number of nitrogens with one attached hydrogen (secondary N) is 1. The standard InChI is InChI=1S/C16H13N3S/c1-11-2-7-14-15(8-11)19-16(18-14)20-10-13-5-3-12(9-17)4-6-13/h2-8H,10H2,1H3,(H,18,19). The zero-order valence-electron chi connectivity index (χ0n) is 11.1. The Labute approximate surface area is 121 Å². The van der Waals surface area contributed by atoms with Gasteiger partial charge in [0.05, 0.1) is 22.7 Å². The molecule has 0 saturated carbocycles.